The van der Waals surface area contributed by atoms with Crippen LogP contribution in [-0.2, 0) is 30.2 Å². The molecule has 394 valence electrons. The number of aromatic nitrogens is 6. The molecule has 4 amide bonds. The molecule has 0 spiro atoms. The first-order valence-electron chi connectivity index (χ1n) is 26.3. The van der Waals surface area contributed by atoms with Crippen LogP contribution in [0.4, 0.5) is 14.0 Å². The summed E-state index contributed by atoms with van der Waals surface area (Å²) in [5.74, 6) is 1.25. The number of hydrogen-bond donors (Lipinski definition) is 4. The Bertz CT molecular complexity index is 3230. The van der Waals surface area contributed by atoms with E-state index in [-0.39, 0.29) is 47.8 Å². The number of nitrogens with one attached hydrogen (secondary N) is 4. The minimum Gasteiger partial charge on any atom is -0.462 e. The number of fused-ring (bicyclic) bond motifs is 7. The molecular formula is C55H63FN10O8S. The van der Waals surface area contributed by atoms with E-state index in [1.165, 1.54) is 20.3 Å². The van der Waals surface area contributed by atoms with Crippen LogP contribution in [0.3, 0.4) is 0 Å². The van der Waals surface area contributed by atoms with Crippen LogP contribution in [0.5, 0.6) is 5.75 Å². The van der Waals surface area contributed by atoms with Gasteiger partial charge in [-0.3, -0.25) is 14.2 Å². The zero-order valence-corrected chi connectivity index (χ0v) is 44.0. The molecule has 4 aliphatic heterocycles. The zero-order valence-electron chi connectivity index (χ0n) is 43.1. The topological polar surface area (TPSA) is 211 Å². The number of halogens is 1. The van der Waals surface area contributed by atoms with Gasteiger partial charge in [0.2, 0.25) is 18.0 Å². The van der Waals surface area contributed by atoms with Crippen LogP contribution >= 0.6 is 11.3 Å². The van der Waals surface area contributed by atoms with E-state index in [1.54, 1.807) is 23.7 Å². The van der Waals surface area contributed by atoms with Gasteiger partial charge in [0.15, 0.2) is 5.01 Å². The summed E-state index contributed by atoms with van der Waals surface area (Å²) in [5.41, 5.74) is 4.11. The number of thiazole rings is 1. The lowest BCUT2D eigenvalue weighted by molar-refractivity contribution is -0.140. The Morgan fingerprint density at radius 3 is 2.17 bits per heavy atom. The number of likely N-dealkylation sites (tertiary alicyclic amines) is 2. The van der Waals surface area contributed by atoms with E-state index in [4.69, 9.17) is 33.9 Å². The van der Waals surface area contributed by atoms with Crippen molar-refractivity contribution in [1.82, 2.24) is 49.9 Å². The number of amides is 4. The molecule has 5 fully saturated rings. The number of nitrogens with zero attached hydrogens (tertiary/aromatic N) is 6. The summed E-state index contributed by atoms with van der Waals surface area (Å²) >= 11 is 1.58. The van der Waals surface area contributed by atoms with Gasteiger partial charge in [-0.1, -0.05) is 33.3 Å². The molecule has 8 heterocycles. The van der Waals surface area contributed by atoms with Gasteiger partial charge in [0.1, 0.15) is 35.3 Å². The molecule has 0 radical (unpaired) electrons. The Hall–Kier alpha value is -6.80. The molecule has 2 saturated carbocycles. The van der Waals surface area contributed by atoms with Gasteiger partial charge in [0.05, 0.1) is 72.5 Å². The Morgan fingerprint density at radius 1 is 0.853 bits per heavy atom. The molecule has 3 saturated heterocycles. The number of aryl methyl sites for hydroxylation is 1. The number of benzene rings is 2. The molecule has 4 aromatic heterocycles. The molecule has 12 rings (SSSR count). The number of rotatable bonds is 13. The lowest BCUT2D eigenvalue weighted by atomic mass is 9.82. The molecule has 4 N–H and O–H groups in total. The lowest BCUT2D eigenvalue weighted by Crippen LogP contribution is -2.55. The molecule has 0 bridgehead atoms. The van der Waals surface area contributed by atoms with Crippen molar-refractivity contribution in [3.05, 3.63) is 82.3 Å². The van der Waals surface area contributed by atoms with E-state index in [1.807, 2.05) is 72.5 Å². The van der Waals surface area contributed by atoms with Crippen LogP contribution in [0, 0.1) is 29.5 Å². The van der Waals surface area contributed by atoms with Crippen LogP contribution < -0.4 is 15.4 Å². The van der Waals surface area contributed by atoms with Gasteiger partial charge >= 0.3 is 12.2 Å². The smallest absolute Gasteiger partial charge is 0.407 e. The van der Waals surface area contributed by atoms with Crippen molar-refractivity contribution in [3.63, 3.8) is 0 Å². The second-order valence-corrected chi connectivity index (χ2v) is 23.4. The summed E-state index contributed by atoms with van der Waals surface area (Å²) in [6.07, 6.45) is 9.76. The van der Waals surface area contributed by atoms with E-state index >= 15 is 4.39 Å². The predicted molar refractivity (Wildman–Crippen MR) is 276 cm³/mol. The zero-order chi connectivity index (χ0) is 52.2. The maximum absolute atomic E-state index is 17.1. The van der Waals surface area contributed by atoms with Crippen LogP contribution in [0.2, 0.25) is 0 Å². The third kappa shape index (κ3) is 8.80. The maximum atomic E-state index is 17.1. The number of carbonyl (C=O) groups excluding carboxylic acids is 4. The number of methoxy groups -OCH3 is 2. The maximum Gasteiger partial charge on any atom is 0.407 e. The Labute approximate surface area is 437 Å². The molecule has 3 unspecified atom stereocenters. The van der Waals surface area contributed by atoms with E-state index < -0.39 is 41.9 Å². The number of imidazole rings is 2. The molecular weight excluding hydrogens is 980 g/mol. The van der Waals surface area contributed by atoms with Crippen LogP contribution in [0.1, 0.15) is 119 Å². The number of hydrogen-bond acceptors (Lipinski definition) is 12. The van der Waals surface area contributed by atoms with Crippen molar-refractivity contribution in [2.24, 2.45) is 23.7 Å². The van der Waals surface area contributed by atoms with E-state index in [2.05, 4.69) is 33.6 Å². The standard InChI is InChI=1S/C55H63FN10O8S/c1-8-9-33-23-59-49(75-33)52-66-37-11-10-27(35-24-57-47(60-35)42-20-32-17-39(32)65(42)51(68)46(63-54(70)72-7)28-12-13-73-55(4,5)22-28)14-30(37)18-40(66)44-34(56)15-29(21-43(44)74-52)36-25-58-48(61-36)41-19-31-16-38(31)64(41)50(67)45(26(2)3)62-53(69)71-6/h10-11,14-15,18,21,23-26,28,31-32,38-39,41-42,45-46,52H,8-9,12-13,16-17,19-20,22H2,1-7H3,(H,57,60)(H,58,61)(H,62,69)(H,63,70)/t28?,31-,32-,38-,39-,41+,42+,45+,46?,52?/m1/s1. The average molecular weight is 1040 g/mol. The van der Waals surface area contributed by atoms with Crippen molar-refractivity contribution in [3.8, 4) is 39.5 Å². The molecule has 75 heavy (non-hydrogen) atoms. The highest BCUT2D eigenvalue weighted by molar-refractivity contribution is 7.11. The molecule has 6 aromatic rings. The summed E-state index contributed by atoms with van der Waals surface area (Å²) in [6.45, 7) is 10.4. The molecule has 6 aliphatic rings. The van der Waals surface area contributed by atoms with E-state index in [9.17, 15) is 19.2 Å². The second kappa shape index (κ2) is 18.8. The second-order valence-electron chi connectivity index (χ2n) is 22.2. The van der Waals surface area contributed by atoms with E-state index in [0.29, 0.717) is 71.2 Å². The fraction of sp³-hybridized carbons (Fsp3) is 0.509. The number of piperidine rings is 2. The Balaban J connectivity index is 0.850. The number of ether oxygens (including phenoxy) is 4. The highest BCUT2D eigenvalue weighted by atomic mass is 32.1. The van der Waals surface area contributed by atoms with Crippen molar-refractivity contribution in [2.45, 2.75) is 134 Å². The van der Waals surface area contributed by atoms with Gasteiger partial charge in [0, 0.05) is 46.3 Å². The SMILES string of the molecule is CCCc1cnc(C2Oc3cc(-c4cnc([C@@H]5C[C@H]6C[C@H]6N5C(=O)[C@@H](NC(=O)OC)C(C)C)[nH]4)cc(F)c3-c3cc4cc(-c5cnc([C@@H]6C[C@H]7C[C@H]7N6C(=O)C(NC(=O)OC)C6CCOC(C)(C)C6)[nH]5)ccc4n32)s1. The summed E-state index contributed by atoms with van der Waals surface area (Å²) in [5, 5.41) is 7.22. The number of H-pyrrole nitrogens is 2. The van der Waals surface area contributed by atoms with Crippen LogP contribution in [-0.4, -0.2) is 114 Å². The third-order valence-electron chi connectivity index (χ3n) is 16.4. The highest BCUT2D eigenvalue weighted by Gasteiger charge is 2.58. The van der Waals surface area contributed by atoms with Crippen molar-refractivity contribution >= 4 is 46.2 Å². The number of alkyl carbamates (subject to hydrolysis) is 2. The minimum absolute atomic E-state index is 0.0605. The first kappa shape index (κ1) is 49.1. The van der Waals surface area contributed by atoms with Crippen LogP contribution in [0.25, 0.3) is 44.7 Å². The summed E-state index contributed by atoms with van der Waals surface area (Å²) in [6, 6.07) is 9.38. The molecule has 2 aliphatic carbocycles. The normalized spacial score (nSPS) is 25.7. The van der Waals surface area contributed by atoms with Gasteiger partial charge in [-0.05, 0) is 113 Å². The van der Waals surface area contributed by atoms with Crippen molar-refractivity contribution in [1.29, 1.82) is 0 Å². The monoisotopic (exact) mass is 1040 g/mol. The first-order valence-corrected chi connectivity index (χ1v) is 27.1. The van der Waals surface area contributed by atoms with Crippen molar-refractivity contribution < 1.29 is 42.5 Å². The first-order chi connectivity index (χ1) is 36.1. The predicted octanol–water partition coefficient (Wildman–Crippen LogP) is 9.21. The van der Waals surface area contributed by atoms with Crippen LogP contribution in [0.15, 0.2) is 55.0 Å². The average Bonchev–Trinajstić information content (AvgIpc) is 3.85. The summed E-state index contributed by atoms with van der Waals surface area (Å²) < 4.78 is 41.8. The van der Waals surface area contributed by atoms with Gasteiger partial charge in [-0.2, -0.15) is 0 Å². The Kier molecular flexibility index (Phi) is 12.3. The minimum atomic E-state index is -0.768. The number of aromatic amines is 2. The fourth-order valence-electron chi connectivity index (χ4n) is 12.6. The van der Waals surface area contributed by atoms with Gasteiger partial charge in [-0.25, -0.2) is 28.9 Å². The molecule has 10 atom stereocenters. The number of carbonyl (C=O) groups is 4. The molecule has 18 nitrogen and oxygen atoms in total. The third-order valence-corrected chi connectivity index (χ3v) is 17.5. The van der Waals surface area contributed by atoms with Gasteiger partial charge < -0.3 is 49.3 Å². The van der Waals surface area contributed by atoms with Crippen molar-refractivity contribution in [2.75, 3.05) is 20.8 Å². The van der Waals surface area contributed by atoms with Gasteiger partial charge in [-0.15, -0.1) is 11.3 Å². The largest absolute Gasteiger partial charge is 0.462 e. The summed E-state index contributed by atoms with van der Waals surface area (Å²) in [4.78, 5) is 80.1. The molecule has 2 aromatic carbocycles. The molecule has 20 heteroatoms. The Morgan fingerprint density at radius 2 is 1.52 bits per heavy atom. The highest BCUT2D eigenvalue weighted by Crippen LogP contribution is 2.55. The summed E-state index contributed by atoms with van der Waals surface area (Å²) in [7, 11) is 2.59. The van der Waals surface area contributed by atoms with E-state index in [0.717, 1.165) is 70.6 Å². The fourth-order valence-corrected chi connectivity index (χ4v) is 13.6. The lowest BCUT2D eigenvalue weighted by Gasteiger charge is -2.40. The quantitative estimate of drug-likeness (QED) is 0.0857. The van der Waals surface area contributed by atoms with Gasteiger partial charge in [0.25, 0.3) is 0 Å².